The molecule has 0 saturated heterocycles. The molecule has 0 fully saturated rings. The molecule has 0 unspecified atom stereocenters. The van der Waals surface area contributed by atoms with Crippen molar-refractivity contribution < 1.29 is 0 Å². The third kappa shape index (κ3) is 2370. The van der Waals surface area contributed by atoms with Gasteiger partial charge in [0.15, 0.2) is 0 Å². The van der Waals surface area contributed by atoms with Crippen LogP contribution < -0.4 is 0 Å². The maximum atomic E-state index is 2.18. The SMILES string of the molecule is CC.CC.CC.CC.CC.CC.CCCC. The molecule has 0 aliphatic rings. The molecule has 0 aliphatic heterocycles. The fourth-order valence-corrected chi connectivity index (χ4v) is 0. The summed E-state index contributed by atoms with van der Waals surface area (Å²) in [7, 11) is 0. The fourth-order valence-electron chi connectivity index (χ4n) is 0. The average Bonchev–Trinajstić information content (AvgIpc) is 2.51. The molecule has 0 aliphatic carbocycles. The first-order valence-electron chi connectivity index (χ1n) is 7.91. The Kier molecular flexibility index (Phi) is 2040. The molecule has 110 valence electrons. The van der Waals surface area contributed by atoms with Crippen molar-refractivity contribution >= 4 is 0 Å². The Morgan fingerprint density at radius 3 is 0.375 bits per heavy atom. The summed E-state index contributed by atoms with van der Waals surface area (Å²) in [5, 5.41) is 0. The second-order valence-electron chi connectivity index (χ2n) is 1.000. The maximum Gasteiger partial charge on any atom is -0.0564 e. The van der Waals surface area contributed by atoms with Crippen LogP contribution in [0.4, 0.5) is 0 Å². The zero-order chi connectivity index (χ0) is 15.4. The van der Waals surface area contributed by atoms with Crippen LogP contribution in [0.5, 0.6) is 0 Å². The highest BCUT2D eigenvalue weighted by atomic mass is 13.6. The van der Waals surface area contributed by atoms with Crippen LogP contribution in [0.2, 0.25) is 0 Å². The largest absolute Gasteiger partial charge is 0.0683 e. The first-order valence-corrected chi connectivity index (χ1v) is 7.91. The van der Waals surface area contributed by atoms with E-state index in [1.165, 1.54) is 12.8 Å². The minimum atomic E-state index is 1.32. The Bertz CT molecular complexity index is 2.00. The Morgan fingerprint density at radius 1 is 0.312 bits per heavy atom. The van der Waals surface area contributed by atoms with Crippen LogP contribution in [0.15, 0.2) is 0 Å². The summed E-state index contributed by atoms with van der Waals surface area (Å²) >= 11 is 0. The third-order valence-electron chi connectivity index (χ3n) is 0.500. The molecule has 0 bridgehead atoms. The monoisotopic (exact) mass is 238 g/mol. The lowest BCUT2D eigenvalue weighted by atomic mass is 10.4. The summed E-state index contributed by atoms with van der Waals surface area (Å²) in [5.41, 5.74) is 0. The van der Waals surface area contributed by atoms with Crippen molar-refractivity contribution in [3.8, 4) is 0 Å². The topological polar surface area (TPSA) is 0 Å². The molecule has 0 aromatic heterocycles. The Hall–Kier alpha value is 0. The second kappa shape index (κ2) is 735. The van der Waals surface area contributed by atoms with Crippen molar-refractivity contribution in [3.63, 3.8) is 0 Å². The number of unbranched alkanes of at least 4 members (excludes halogenated alkanes) is 1. The lowest BCUT2D eigenvalue weighted by Crippen LogP contribution is -1.47. The summed E-state index contributed by atoms with van der Waals surface area (Å²) in [6.45, 7) is 28.4. The van der Waals surface area contributed by atoms with E-state index in [1.807, 2.05) is 83.1 Å². The third-order valence-corrected chi connectivity index (χ3v) is 0.500. The van der Waals surface area contributed by atoms with Gasteiger partial charge in [0.2, 0.25) is 0 Å². The predicted octanol–water partition coefficient (Wildman–Crippen LogP) is 7.96. The molecule has 0 aromatic rings. The average molecular weight is 239 g/mol. The first-order chi connectivity index (χ1) is 7.91. The molecular formula is C16H46. The smallest absolute Gasteiger partial charge is 0.0564 e. The van der Waals surface area contributed by atoms with Crippen molar-refractivity contribution in [1.29, 1.82) is 0 Å². The highest BCUT2D eigenvalue weighted by Crippen LogP contribution is 1.76. The molecule has 0 nitrogen and oxygen atoms in total. The molecule has 0 saturated carbocycles. The first kappa shape index (κ1) is 44.4. The second-order valence-corrected chi connectivity index (χ2v) is 1.000. The highest BCUT2D eigenvalue weighted by molar-refractivity contribution is 4.12. The van der Waals surface area contributed by atoms with E-state index in [-0.39, 0.29) is 0 Å². The molecular weight excluding hydrogens is 192 g/mol. The van der Waals surface area contributed by atoms with E-state index >= 15 is 0 Å². The lowest BCUT2D eigenvalue weighted by Gasteiger charge is -1.68. The minimum Gasteiger partial charge on any atom is -0.0683 e. The molecule has 0 N–H and O–H groups in total. The van der Waals surface area contributed by atoms with Gasteiger partial charge in [-0.25, -0.2) is 0 Å². The van der Waals surface area contributed by atoms with Gasteiger partial charge < -0.3 is 0 Å². The lowest BCUT2D eigenvalue weighted by molar-refractivity contribution is 0.886. The Balaban J connectivity index is -0.0000000122. The predicted molar refractivity (Wildman–Crippen MR) is 88.7 cm³/mol. The summed E-state index contributed by atoms with van der Waals surface area (Å²) in [5.74, 6) is 0. The van der Waals surface area contributed by atoms with Gasteiger partial charge in [0.1, 0.15) is 0 Å². The van der Waals surface area contributed by atoms with Crippen molar-refractivity contribution in [1.82, 2.24) is 0 Å². The highest BCUT2D eigenvalue weighted by Gasteiger charge is 1.56. The Morgan fingerprint density at radius 2 is 0.375 bits per heavy atom. The molecule has 0 heteroatoms. The molecule has 0 amide bonds. The number of hydrogen-bond donors (Lipinski definition) is 0. The molecule has 0 radical (unpaired) electrons. The molecule has 0 heterocycles. The van der Waals surface area contributed by atoms with Crippen LogP contribution in [0.1, 0.15) is 110 Å². The quantitative estimate of drug-likeness (QED) is 0.434. The summed E-state index contributed by atoms with van der Waals surface area (Å²) in [4.78, 5) is 0. The molecule has 16 heavy (non-hydrogen) atoms. The maximum absolute atomic E-state index is 2.18. The zero-order valence-corrected chi connectivity index (χ0v) is 15.4. The van der Waals surface area contributed by atoms with Crippen molar-refractivity contribution in [2.24, 2.45) is 0 Å². The van der Waals surface area contributed by atoms with E-state index in [0.717, 1.165) is 0 Å². The standard InChI is InChI=1S/C4H10.6C2H6/c1-3-4-2;6*1-2/h3-4H2,1-2H3;6*1-2H3. The van der Waals surface area contributed by atoms with Gasteiger partial charge in [-0.2, -0.15) is 0 Å². The van der Waals surface area contributed by atoms with E-state index < -0.39 is 0 Å². The normalized spacial score (nSPS) is 4.12. The summed E-state index contributed by atoms with van der Waals surface area (Å²) in [6.07, 6.45) is 2.64. The van der Waals surface area contributed by atoms with Gasteiger partial charge in [-0.3, -0.25) is 0 Å². The van der Waals surface area contributed by atoms with Crippen LogP contribution >= 0.6 is 0 Å². The van der Waals surface area contributed by atoms with E-state index in [2.05, 4.69) is 13.8 Å². The summed E-state index contributed by atoms with van der Waals surface area (Å²) < 4.78 is 0. The van der Waals surface area contributed by atoms with E-state index in [9.17, 15) is 0 Å². The van der Waals surface area contributed by atoms with Crippen LogP contribution in [0.3, 0.4) is 0 Å². The van der Waals surface area contributed by atoms with Crippen LogP contribution in [-0.2, 0) is 0 Å². The Labute approximate surface area is 110 Å². The van der Waals surface area contributed by atoms with Crippen LogP contribution in [0.25, 0.3) is 0 Å². The van der Waals surface area contributed by atoms with Gasteiger partial charge in [-0.1, -0.05) is 110 Å². The van der Waals surface area contributed by atoms with Crippen LogP contribution in [-0.4, -0.2) is 0 Å². The van der Waals surface area contributed by atoms with Crippen molar-refractivity contribution in [2.45, 2.75) is 110 Å². The number of hydrogen-bond acceptors (Lipinski definition) is 0. The molecule has 0 spiro atoms. The van der Waals surface area contributed by atoms with E-state index in [4.69, 9.17) is 0 Å². The van der Waals surface area contributed by atoms with Gasteiger partial charge in [0.05, 0.1) is 0 Å². The van der Waals surface area contributed by atoms with Gasteiger partial charge >= 0.3 is 0 Å². The van der Waals surface area contributed by atoms with Crippen molar-refractivity contribution in [2.75, 3.05) is 0 Å². The zero-order valence-electron chi connectivity index (χ0n) is 15.4. The summed E-state index contributed by atoms with van der Waals surface area (Å²) in [6, 6.07) is 0. The fraction of sp³-hybridized carbons (Fsp3) is 1.00. The van der Waals surface area contributed by atoms with Crippen molar-refractivity contribution in [3.05, 3.63) is 0 Å². The van der Waals surface area contributed by atoms with E-state index in [0.29, 0.717) is 0 Å². The van der Waals surface area contributed by atoms with Gasteiger partial charge in [0, 0.05) is 0 Å². The van der Waals surface area contributed by atoms with Gasteiger partial charge in [-0.05, 0) is 0 Å². The molecule has 0 atom stereocenters. The number of rotatable bonds is 1. The minimum absolute atomic E-state index is 1.32. The van der Waals surface area contributed by atoms with Gasteiger partial charge in [-0.15, -0.1) is 0 Å². The molecule has 0 aromatic carbocycles. The molecule has 0 rings (SSSR count). The van der Waals surface area contributed by atoms with Gasteiger partial charge in [0.25, 0.3) is 0 Å². The van der Waals surface area contributed by atoms with E-state index in [1.54, 1.807) is 0 Å². The van der Waals surface area contributed by atoms with Crippen LogP contribution in [0, 0.1) is 0 Å².